The van der Waals surface area contributed by atoms with Gasteiger partial charge < -0.3 is 20.2 Å². The number of thiocarbonyl (C=S) groups is 1. The standard InChI is InChI=1S/C11H19N3O2S/c1-11(2,9(15)16)7-13-6-8-5-12-3-4-14(8)10(13)17/h8,12H,3-7H2,1-2H3,(H,15,16). The second kappa shape index (κ2) is 4.42. The molecule has 0 spiro atoms. The highest BCUT2D eigenvalue weighted by Crippen LogP contribution is 2.24. The summed E-state index contributed by atoms with van der Waals surface area (Å²) in [6.45, 7) is 7.61. The van der Waals surface area contributed by atoms with Crippen LogP contribution in [0.2, 0.25) is 0 Å². The minimum absolute atomic E-state index is 0.404. The monoisotopic (exact) mass is 257 g/mol. The molecule has 1 unspecified atom stereocenters. The fraction of sp³-hybridized carbons (Fsp3) is 0.818. The highest BCUT2D eigenvalue weighted by molar-refractivity contribution is 7.80. The van der Waals surface area contributed by atoms with Crippen LogP contribution in [0, 0.1) is 5.41 Å². The lowest BCUT2D eigenvalue weighted by molar-refractivity contribution is -0.147. The van der Waals surface area contributed by atoms with Crippen LogP contribution in [0.1, 0.15) is 13.8 Å². The van der Waals surface area contributed by atoms with Crippen molar-refractivity contribution in [1.82, 2.24) is 15.1 Å². The van der Waals surface area contributed by atoms with Crippen molar-refractivity contribution in [3.05, 3.63) is 0 Å². The normalized spacial score (nSPS) is 25.1. The number of fused-ring (bicyclic) bond motifs is 1. The van der Waals surface area contributed by atoms with Crippen molar-refractivity contribution >= 4 is 23.3 Å². The van der Waals surface area contributed by atoms with Gasteiger partial charge in [-0.25, -0.2) is 0 Å². The first kappa shape index (κ1) is 12.6. The van der Waals surface area contributed by atoms with Gasteiger partial charge in [-0.2, -0.15) is 0 Å². The molecule has 0 aromatic heterocycles. The molecule has 6 heteroatoms. The van der Waals surface area contributed by atoms with Crippen LogP contribution in [0.25, 0.3) is 0 Å². The Morgan fingerprint density at radius 1 is 1.65 bits per heavy atom. The zero-order valence-corrected chi connectivity index (χ0v) is 11.1. The summed E-state index contributed by atoms with van der Waals surface area (Å²) < 4.78 is 0. The molecule has 96 valence electrons. The van der Waals surface area contributed by atoms with Gasteiger partial charge in [0.1, 0.15) is 0 Å². The zero-order valence-electron chi connectivity index (χ0n) is 10.3. The van der Waals surface area contributed by atoms with E-state index >= 15 is 0 Å². The minimum atomic E-state index is -0.775. The number of rotatable bonds is 3. The number of carboxylic acid groups (broad SMARTS) is 1. The van der Waals surface area contributed by atoms with Crippen LogP contribution in [0.15, 0.2) is 0 Å². The Bertz CT molecular complexity index is 346. The number of piperazine rings is 1. The molecular weight excluding hydrogens is 238 g/mol. The Balaban J connectivity index is 2.04. The maximum absolute atomic E-state index is 11.1. The SMILES string of the molecule is CC(C)(CN1CC2CNCCN2C1=S)C(=O)O. The van der Waals surface area contributed by atoms with Crippen molar-refractivity contribution < 1.29 is 9.90 Å². The molecule has 0 radical (unpaired) electrons. The van der Waals surface area contributed by atoms with Crippen LogP contribution < -0.4 is 5.32 Å². The predicted molar refractivity (Wildman–Crippen MR) is 69.0 cm³/mol. The van der Waals surface area contributed by atoms with Gasteiger partial charge in [-0.15, -0.1) is 0 Å². The molecule has 0 bridgehead atoms. The van der Waals surface area contributed by atoms with Crippen molar-refractivity contribution in [3.8, 4) is 0 Å². The van der Waals surface area contributed by atoms with Crippen molar-refractivity contribution in [1.29, 1.82) is 0 Å². The molecule has 0 aromatic carbocycles. The Labute approximate surface area is 107 Å². The molecule has 2 aliphatic rings. The molecule has 0 saturated carbocycles. The number of nitrogens with one attached hydrogen (secondary N) is 1. The van der Waals surface area contributed by atoms with Crippen LogP contribution in [0.5, 0.6) is 0 Å². The maximum Gasteiger partial charge on any atom is 0.310 e. The van der Waals surface area contributed by atoms with Gasteiger partial charge in [-0.3, -0.25) is 4.79 Å². The molecule has 2 heterocycles. The first-order chi connectivity index (χ1) is 7.92. The number of carboxylic acids is 1. The fourth-order valence-corrected chi connectivity index (χ4v) is 2.75. The number of nitrogens with zero attached hydrogens (tertiary/aromatic N) is 2. The van der Waals surface area contributed by atoms with Crippen LogP contribution in [0.3, 0.4) is 0 Å². The summed E-state index contributed by atoms with van der Waals surface area (Å²) in [6, 6.07) is 0.404. The number of hydrogen-bond acceptors (Lipinski definition) is 3. The van der Waals surface area contributed by atoms with Gasteiger partial charge in [0.2, 0.25) is 0 Å². The molecule has 2 N–H and O–H groups in total. The van der Waals surface area contributed by atoms with E-state index in [1.165, 1.54) is 0 Å². The number of hydrogen-bond donors (Lipinski definition) is 2. The lowest BCUT2D eigenvalue weighted by Crippen LogP contribution is -2.49. The van der Waals surface area contributed by atoms with E-state index in [1.54, 1.807) is 13.8 Å². The van der Waals surface area contributed by atoms with Crippen LogP contribution in [0.4, 0.5) is 0 Å². The van der Waals surface area contributed by atoms with E-state index in [-0.39, 0.29) is 0 Å². The lowest BCUT2D eigenvalue weighted by Gasteiger charge is -2.30. The summed E-state index contributed by atoms with van der Waals surface area (Å²) in [5.74, 6) is -0.775. The molecule has 17 heavy (non-hydrogen) atoms. The van der Waals surface area contributed by atoms with Crippen molar-refractivity contribution in [2.45, 2.75) is 19.9 Å². The zero-order chi connectivity index (χ0) is 12.6. The fourth-order valence-electron chi connectivity index (χ4n) is 2.37. The summed E-state index contributed by atoms with van der Waals surface area (Å²) in [6.07, 6.45) is 0. The van der Waals surface area contributed by atoms with Gasteiger partial charge in [-0.1, -0.05) is 0 Å². The highest BCUT2D eigenvalue weighted by atomic mass is 32.1. The first-order valence-electron chi connectivity index (χ1n) is 5.91. The van der Waals surface area contributed by atoms with Gasteiger partial charge in [0.15, 0.2) is 5.11 Å². The number of aliphatic carboxylic acids is 1. The molecular formula is C11H19N3O2S. The lowest BCUT2D eigenvalue weighted by atomic mass is 9.93. The minimum Gasteiger partial charge on any atom is -0.481 e. The van der Waals surface area contributed by atoms with E-state index in [0.29, 0.717) is 12.6 Å². The van der Waals surface area contributed by atoms with E-state index < -0.39 is 11.4 Å². The molecule has 2 rings (SSSR count). The van der Waals surface area contributed by atoms with Crippen molar-refractivity contribution in [3.63, 3.8) is 0 Å². The third-order valence-electron chi connectivity index (χ3n) is 3.46. The Morgan fingerprint density at radius 2 is 2.35 bits per heavy atom. The highest BCUT2D eigenvalue weighted by Gasteiger charge is 2.39. The smallest absolute Gasteiger partial charge is 0.310 e. The summed E-state index contributed by atoms with van der Waals surface area (Å²) in [7, 11) is 0. The van der Waals surface area contributed by atoms with Crippen LogP contribution >= 0.6 is 12.2 Å². The summed E-state index contributed by atoms with van der Waals surface area (Å²) in [5.41, 5.74) is -0.758. The summed E-state index contributed by atoms with van der Waals surface area (Å²) in [4.78, 5) is 15.4. The molecule has 2 saturated heterocycles. The average Bonchev–Trinajstić information content (AvgIpc) is 2.56. The van der Waals surface area contributed by atoms with E-state index in [1.807, 2.05) is 4.90 Å². The topological polar surface area (TPSA) is 55.8 Å². The molecule has 1 atom stereocenters. The van der Waals surface area contributed by atoms with Crippen LogP contribution in [-0.4, -0.2) is 64.8 Å². The molecule has 0 aromatic rings. The third kappa shape index (κ3) is 2.37. The Kier molecular flexibility index (Phi) is 3.27. The quantitative estimate of drug-likeness (QED) is 0.693. The maximum atomic E-state index is 11.1. The first-order valence-corrected chi connectivity index (χ1v) is 6.32. The summed E-state index contributed by atoms with van der Waals surface area (Å²) in [5, 5.41) is 13.3. The van der Waals surface area contributed by atoms with E-state index in [4.69, 9.17) is 17.3 Å². The molecule has 0 aliphatic carbocycles. The van der Waals surface area contributed by atoms with Gasteiger partial charge in [0.05, 0.1) is 11.5 Å². The van der Waals surface area contributed by atoms with Gasteiger partial charge in [0, 0.05) is 32.7 Å². The third-order valence-corrected chi connectivity index (χ3v) is 3.96. The van der Waals surface area contributed by atoms with E-state index in [9.17, 15) is 4.79 Å². The Morgan fingerprint density at radius 3 is 2.94 bits per heavy atom. The van der Waals surface area contributed by atoms with Crippen LogP contribution in [-0.2, 0) is 4.79 Å². The van der Waals surface area contributed by atoms with Gasteiger partial charge in [-0.05, 0) is 26.1 Å². The second-order valence-electron chi connectivity index (χ2n) is 5.40. The molecule has 2 fully saturated rings. The van der Waals surface area contributed by atoms with Crippen molar-refractivity contribution in [2.24, 2.45) is 5.41 Å². The molecule has 5 nitrogen and oxygen atoms in total. The molecule has 0 amide bonds. The van der Waals surface area contributed by atoms with E-state index in [2.05, 4.69) is 10.2 Å². The van der Waals surface area contributed by atoms with Gasteiger partial charge >= 0.3 is 5.97 Å². The van der Waals surface area contributed by atoms with E-state index in [0.717, 1.165) is 31.3 Å². The van der Waals surface area contributed by atoms with Crippen molar-refractivity contribution in [2.75, 3.05) is 32.7 Å². The average molecular weight is 257 g/mol. The van der Waals surface area contributed by atoms with Gasteiger partial charge in [0.25, 0.3) is 0 Å². The Hall–Kier alpha value is -0.880. The summed E-state index contributed by atoms with van der Waals surface area (Å²) >= 11 is 5.42. The second-order valence-corrected chi connectivity index (χ2v) is 5.77. The molecule has 2 aliphatic heterocycles. The largest absolute Gasteiger partial charge is 0.481 e. The number of carbonyl (C=O) groups is 1. The predicted octanol–water partition coefficient (Wildman–Crippen LogP) is -0.0285.